The Hall–Kier alpha value is -2.22. The largest absolute Gasteiger partial charge is 0.339 e. The fourth-order valence-corrected chi connectivity index (χ4v) is 1.67. The first-order chi connectivity index (χ1) is 8.70. The van der Waals surface area contributed by atoms with Gasteiger partial charge < -0.3 is 4.52 Å². The fourth-order valence-electron chi connectivity index (χ4n) is 1.67. The monoisotopic (exact) mass is 242 g/mol. The van der Waals surface area contributed by atoms with Crippen LogP contribution < -0.4 is 0 Å². The standard InChI is InChI=1S/C13H14N4O/c1-9(3-5-14)7-12-16-13(17-18-12)11-8-15-6-4-10(11)2/h4,6,8-9H,3,7H2,1-2H3. The Morgan fingerprint density at radius 3 is 3.06 bits per heavy atom. The zero-order chi connectivity index (χ0) is 13.0. The molecule has 5 heteroatoms. The van der Waals surface area contributed by atoms with Gasteiger partial charge in [0, 0.05) is 30.8 Å². The molecular formula is C13H14N4O. The lowest BCUT2D eigenvalue weighted by atomic mass is 10.1. The number of hydrogen-bond acceptors (Lipinski definition) is 5. The molecule has 0 saturated carbocycles. The molecular weight excluding hydrogens is 228 g/mol. The maximum absolute atomic E-state index is 8.61. The van der Waals surface area contributed by atoms with Gasteiger partial charge in [0.2, 0.25) is 11.7 Å². The molecule has 92 valence electrons. The highest BCUT2D eigenvalue weighted by Crippen LogP contribution is 2.19. The third kappa shape index (κ3) is 2.72. The summed E-state index contributed by atoms with van der Waals surface area (Å²) in [7, 11) is 0. The van der Waals surface area contributed by atoms with Crippen molar-refractivity contribution >= 4 is 0 Å². The van der Waals surface area contributed by atoms with Crippen LogP contribution in [0.4, 0.5) is 0 Å². The van der Waals surface area contributed by atoms with Crippen molar-refractivity contribution in [3.8, 4) is 17.5 Å². The van der Waals surface area contributed by atoms with Gasteiger partial charge in [-0.2, -0.15) is 10.2 Å². The minimum atomic E-state index is 0.221. The summed E-state index contributed by atoms with van der Waals surface area (Å²) in [6.45, 7) is 3.97. The molecule has 0 aliphatic rings. The van der Waals surface area contributed by atoms with Crippen LogP contribution in [0.5, 0.6) is 0 Å². The molecule has 0 fully saturated rings. The van der Waals surface area contributed by atoms with Crippen LogP contribution in [0.15, 0.2) is 23.0 Å². The third-order valence-corrected chi connectivity index (χ3v) is 2.71. The molecule has 2 aromatic rings. The average Bonchev–Trinajstić information content (AvgIpc) is 2.78. The Labute approximate surface area is 105 Å². The molecule has 0 saturated heterocycles. The molecule has 0 spiro atoms. The Bertz CT molecular complexity index is 570. The molecule has 5 nitrogen and oxygen atoms in total. The Kier molecular flexibility index (Phi) is 3.68. The van der Waals surface area contributed by atoms with Crippen LogP contribution in [0.2, 0.25) is 0 Å². The Morgan fingerprint density at radius 2 is 2.33 bits per heavy atom. The lowest BCUT2D eigenvalue weighted by Gasteiger charge is -2.00. The lowest BCUT2D eigenvalue weighted by molar-refractivity contribution is 0.359. The van der Waals surface area contributed by atoms with Crippen LogP contribution >= 0.6 is 0 Å². The van der Waals surface area contributed by atoms with Crippen molar-refractivity contribution in [2.75, 3.05) is 0 Å². The second-order valence-electron chi connectivity index (χ2n) is 4.37. The number of aromatic nitrogens is 3. The maximum Gasteiger partial charge on any atom is 0.227 e. The van der Waals surface area contributed by atoms with Gasteiger partial charge >= 0.3 is 0 Å². The van der Waals surface area contributed by atoms with Gasteiger partial charge in [-0.05, 0) is 24.5 Å². The zero-order valence-corrected chi connectivity index (χ0v) is 10.4. The maximum atomic E-state index is 8.61. The van der Waals surface area contributed by atoms with Gasteiger partial charge in [-0.25, -0.2) is 0 Å². The molecule has 0 amide bonds. The van der Waals surface area contributed by atoms with Crippen LogP contribution in [0.3, 0.4) is 0 Å². The Balaban J connectivity index is 2.16. The number of nitrogens with zero attached hydrogens (tertiary/aromatic N) is 4. The van der Waals surface area contributed by atoms with Crippen LogP contribution in [-0.2, 0) is 6.42 Å². The van der Waals surface area contributed by atoms with Gasteiger partial charge in [0.15, 0.2) is 0 Å². The van der Waals surface area contributed by atoms with Crippen molar-refractivity contribution in [3.63, 3.8) is 0 Å². The predicted octanol–water partition coefficient (Wildman–Crippen LogP) is 2.53. The first-order valence-corrected chi connectivity index (χ1v) is 5.81. The van der Waals surface area contributed by atoms with Crippen molar-refractivity contribution in [3.05, 3.63) is 29.9 Å². The van der Waals surface area contributed by atoms with Gasteiger partial charge in [0.1, 0.15) is 0 Å². The van der Waals surface area contributed by atoms with E-state index in [0.717, 1.165) is 11.1 Å². The molecule has 0 aliphatic heterocycles. The van der Waals surface area contributed by atoms with E-state index in [-0.39, 0.29) is 5.92 Å². The average molecular weight is 242 g/mol. The minimum absolute atomic E-state index is 0.221. The van der Waals surface area contributed by atoms with Gasteiger partial charge in [-0.1, -0.05) is 12.1 Å². The summed E-state index contributed by atoms with van der Waals surface area (Å²) < 4.78 is 5.19. The normalized spacial score (nSPS) is 12.1. The smallest absolute Gasteiger partial charge is 0.227 e. The molecule has 2 aromatic heterocycles. The summed E-state index contributed by atoms with van der Waals surface area (Å²) in [5.41, 5.74) is 1.93. The summed E-state index contributed by atoms with van der Waals surface area (Å²) in [6, 6.07) is 4.04. The molecule has 0 aromatic carbocycles. The van der Waals surface area contributed by atoms with E-state index in [1.807, 2.05) is 19.9 Å². The summed E-state index contributed by atoms with van der Waals surface area (Å²) in [6.07, 6.45) is 4.57. The van der Waals surface area contributed by atoms with Gasteiger partial charge in [-0.15, -0.1) is 0 Å². The molecule has 2 heterocycles. The van der Waals surface area contributed by atoms with Crippen LogP contribution in [0, 0.1) is 24.2 Å². The van der Waals surface area contributed by atoms with E-state index in [0.29, 0.717) is 24.6 Å². The number of nitriles is 1. The van der Waals surface area contributed by atoms with E-state index >= 15 is 0 Å². The van der Waals surface area contributed by atoms with E-state index in [2.05, 4.69) is 21.2 Å². The third-order valence-electron chi connectivity index (χ3n) is 2.71. The second-order valence-corrected chi connectivity index (χ2v) is 4.37. The number of hydrogen-bond donors (Lipinski definition) is 0. The summed E-state index contributed by atoms with van der Waals surface area (Å²) in [5.74, 6) is 1.34. The quantitative estimate of drug-likeness (QED) is 0.823. The number of aryl methyl sites for hydroxylation is 1. The van der Waals surface area contributed by atoms with E-state index in [1.165, 1.54) is 0 Å². The lowest BCUT2D eigenvalue weighted by Crippen LogP contribution is -1.98. The molecule has 0 radical (unpaired) electrons. The van der Waals surface area contributed by atoms with E-state index in [9.17, 15) is 0 Å². The van der Waals surface area contributed by atoms with E-state index < -0.39 is 0 Å². The number of rotatable bonds is 4. The topological polar surface area (TPSA) is 75.6 Å². The van der Waals surface area contributed by atoms with Gasteiger partial charge in [0.05, 0.1) is 6.07 Å². The first-order valence-electron chi connectivity index (χ1n) is 5.81. The van der Waals surface area contributed by atoms with Crippen LogP contribution in [0.1, 0.15) is 24.8 Å². The molecule has 1 unspecified atom stereocenters. The van der Waals surface area contributed by atoms with Crippen LogP contribution in [0.25, 0.3) is 11.4 Å². The second kappa shape index (κ2) is 5.41. The highest BCUT2D eigenvalue weighted by atomic mass is 16.5. The summed E-state index contributed by atoms with van der Waals surface area (Å²) >= 11 is 0. The van der Waals surface area contributed by atoms with Crippen molar-refractivity contribution in [1.29, 1.82) is 5.26 Å². The highest BCUT2D eigenvalue weighted by molar-refractivity contribution is 5.57. The molecule has 18 heavy (non-hydrogen) atoms. The van der Waals surface area contributed by atoms with Crippen LogP contribution in [-0.4, -0.2) is 15.1 Å². The summed E-state index contributed by atoms with van der Waals surface area (Å²) in [5, 5.41) is 12.6. The predicted molar refractivity (Wildman–Crippen MR) is 65.4 cm³/mol. The van der Waals surface area contributed by atoms with Crippen molar-refractivity contribution in [2.24, 2.45) is 5.92 Å². The minimum Gasteiger partial charge on any atom is -0.339 e. The van der Waals surface area contributed by atoms with Crippen molar-refractivity contribution in [2.45, 2.75) is 26.7 Å². The Morgan fingerprint density at radius 1 is 1.50 bits per heavy atom. The van der Waals surface area contributed by atoms with E-state index in [1.54, 1.807) is 12.4 Å². The van der Waals surface area contributed by atoms with Gasteiger partial charge in [0.25, 0.3) is 0 Å². The molecule has 0 aliphatic carbocycles. The molecule has 0 bridgehead atoms. The SMILES string of the molecule is Cc1ccncc1-c1noc(CC(C)CC#N)n1. The van der Waals surface area contributed by atoms with Gasteiger partial charge in [-0.3, -0.25) is 4.98 Å². The first kappa shape index (κ1) is 12.2. The van der Waals surface area contributed by atoms with Crippen molar-refractivity contribution < 1.29 is 4.52 Å². The van der Waals surface area contributed by atoms with Crippen molar-refractivity contribution in [1.82, 2.24) is 15.1 Å². The van der Waals surface area contributed by atoms with E-state index in [4.69, 9.17) is 9.78 Å². The zero-order valence-electron chi connectivity index (χ0n) is 10.4. The number of pyridine rings is 1. The molecule has 2 rings (SSSR count). The fraction of sp³-hybridized carbons (Fsp3) is 0.385. The highest BCUT2D eigenvalue weighted by Gasteiger charge is 2.13. The summed E-state index contributed by atoms with van der Waals surface area (Å²) in [4.78, 5) is 8.39. The molecule has 0 N–H and O–H groups in total. The molecule has 1 atom stereocenters.